The molecule has 1 aromatic carbocycles. The number of rotatable bonds is 4. The van der Waals surface area contributed by atoms with E-state index in [9.17, 15) is 30.8 Å². The van der Waals surface area contributed by atoms with Crippen LogP contribution in [0.15, 0.2) is 23.1 Å². The molecule has 1 amide bonds. The molecule has 0 radical (unpaired) electrons. The Kier molecular flexibility index (Phi) is 5.77. The van der Waals surface area contributed by atoms with Crippen LogP contribution < -0.4 is 0 Å². The maximum absolute atomic E-state index is 13.9. The summed E-state index contributed by atoms with van der Waals surface area (Å²) < 4.78 is 84.5. The highest BCUT2D eigenvalue weighted by Gasteiger charge is 2.47. The first-order valence-electron chi connectivity index (χ1n) is 7.90. The van der Waals surface area contributed by atoms with Crippen LogP contribution in [-0.2, 0) is 25.9 Å². The zero-order valence-corrected chi connectivity index (χ0v) is 15.7. The summed E-state index contributed by atoms with van der Waals surface area (Å²) in [6, 6.07) is 1.92. The number of benzene rings is 1. The number of likely N-dealkylation sites (tertiary alicyclic amines) is 1. The quantitative estimate of drug-likeness (QED) is 0.709. The van der Waals surface area contributed by atoms with Crippen LogP contribution in [0.4, 0.5) is 22.4 Å². The average molecular weight is 413 g/mol. The fourth-order valence-corrected chi connectivity index (χ4v) is 2.95. The number of carbonyl (C=O) groups is 1. The fourth-order valence-electron chi connectivity index (χ4n) is 2.17. The van der Waals surface area contributed by atoms with E-state index >= 15 is 0 Å². The Hall–Kier alpha value is -1.88. The van der Waals surface area contributed by atoms with E-state index in [4.69, 9.17) is 9.47 Å². The molecular weight excluding hydrogens is 394 g/mol. The summed E-state index contributed by atoms with van der Waals surface area (Å²) in [5.74, 6) is -1.12. The first kappa shape index (κ1) is 21.4. The first-order valence-corrected chi connectivity index (χ1v) is 9.38. The minimum Gasteiger partial charge on any atom is -0.444 e. The number of hydrogen-bond donors (Lipinski definition) is 0. The van der Waals surface area contributed by atoms with Crippen molar-refractivity contribution >= 4 is 15.9 Å². The van der Waals surface area contributed by atoms with E-state index in [1.54, 1.807) is 20.8 Å². The van der Waals surface area contributed by atoms with E-state index in [0.717, 1.165) is 6.07 Å². The molecular formula is C16H19F4NO5S. The lowest BCUT2D eigenvalue weighted by atomic mass is 10.1. The van der Waals surface area contributed by atoms with Gasteiger partial charge in [0, 0.05) is 5.56 Å². The molecule has 1 aliphatic rings. The van der Waals surface area contributed by atoms with Crippen molar-refractivity contribution in [3.05, 3.63) is 29.6 Å². The number of nitrogens with zero attached hydrogens (tertiary/aromatic N) is 1. The van der Waals surface area contributed by atoms with Gasteiger partial charge in [0.1, 0.15) is 11.4 Å². The van der Waals surface area contributed by atoms with E-state index < -0.39 is 37.8 Å². The number of amides is 1. The highest BCUT2D eigenvalue weighted by molar-refractivity contribution is 7.92. The summed E-state index contributed by atoms with van der Waals surface area (Å²) >= 11 is 0. The lowest BCUT2D eigenvalue weighted by Gasteiger charge is -2.39. The van der Waals surface area contributed by atoms with Crippen LogP contribution in [0.25, 0.3) is 0 Å². The minimum atomic E-state index is -5.61. The largest absolute Gasteiger partial charge is 0.501 e. The van der Waals surface area contributed by atoms with Crippen molar-refractivity contribution in [2.75, 3.05) is 13.1 Å². The van der Waals surface area contributed by atoms with Crippen molar-refractivity contribution < 1.29 is 40.2 Å². The molecule has 152 valence electrons. The third kappa shape index (κ3) is 5.10. The molecule has 0 spiro atoms. The Balaban J connectivity index is 1.91. The van der Waals surface area contributed by atoms with Gasteiger partial charge in [0.05, 0.1) is 30.7 Å². The van der Waals surface area contributed by atoms with Crippen LogP contribution in [0.5, 0.6) is 0 Å². The molecule has 27 heavy (non-hydrogen) atoms. The van der Waals surface area contributed by atoms with Gasteiger partial charge in [0.25, 0.3) is 9.84 Å². The Labute approximate surface area is 154 Å². The van der Waals surface area contributed by atoms with Crippen LogP contribution >= 0.6 is 0 Å². The van der Waals surface area contributed by atoms with Gasteiger partial charge in [-0.25, -0.2) is 17.6 Å². The second-order valence-electron chi connectivity index (χ2n) is 7.02. The van der Waals surface area contributed by atoms with E-state index in [1.807, 2.05) is 0 Å². The van der Waals surface area contributed by atoms with Crippen molar-refractivity contribution in [2.45, 2.75) is 49.5 Å². The highest BCUT2D eigenvalue weighted by Crippen LogP contribution is 2.31. The standard InChI is InChI=1S/C16H19F4NO5S/c1-15(2,3)26-14(22)21-7-11(8-21)25-9-10-4-5-12(6-13(10)17)27(23,24)16(18,19)20/h4-6,11H,7-9H2,1-3H3. The molecule has 1 aliphatic heterocycles. The van der Waals surface area contributed by atoms with Crippen LogP contribution in [0.3, 0.4) is 0 Å². The molecule has 1 saturated heterocycles. The molecule has 1 heterocycles. The van der Waals surface area contributed by atoms with Gasteiger partial charge in [-0.2, -0.15) is 13.2 Å². The summed E-state index contributed by atoms with van der Waals surface area (Å²) in [6.45, 7) is 5.37. The monoisotopic (exact) mass is 413 g/mol. The smallest absolute Gasteiger partial charge is 0.444 e. The molecule has 1 fully saturated rings. The Morgan fingerprint density at radius 2 is 1.81 bits per heavy atom. The van der Waals surface area contributed by atoms with Crippen molar-refractivity contribution in [2.24, 2.45) is 0 Å². The number of carbonyl (C=O) groups excluding carboxylic acids is 1. The molecule has 2 rings (SSSR count). The zero-order chi connectivity index (χ0) is 20.6. The Morgan fingerprint density at radius 3 is 2.30 bits per heavy atom. The van der Waals surface area contributed by atoms with E-state index in [1.165, 1.54) is 4.90 Å². The third-order valence-corrected chi connectivity index (χ3v) is 5.10. The molecule has 0 aromatic heterocycles. The number of hydrogen-bond acceptors (Lipinski definition) is 5. The summed E-state index contributed by atoms with van der Waals surface area (Å²) in [4.78, 5) is 12.0. The summed E-state index contributed by atoms with van der Waals surface area (Å²) in [7, 11) is -5.61. The van der Waals surface area contributed by atoms with Gasteiger partial charge in [-0.05, 0) is 32.9 Å². The average Bonchev–Trinajstić information content (AvgIpc) is 2.43. The minimum absolute atomic E-state index is 0.0909. The molecule has 0 atom stereocenters. The molecule has 6 nitrogen and oxygen atoms in total. The topological polar surface area (TPSA) is 72.9 Å². The lowest BCUT2D eigenvalue weighted by Crippen LogP contribution is -2.55. The first-order chi connectivity index (χ1) is 12.2. The van der Waals surface area contributed by atoms with Gasteiger partial charge in [0.2, 0.25) is 0 Å². The molecule has 0 unspecified atom stereocenters. The van der Waals surface area contributed by atoms with E-state index in [2.05, 4.69) is 0 Å². The number of halogens is 4. The van der Waals surface area contributed by atoms with Gasteiger partial charge < -0.3 is 14.4 Å². The van der Waals surface area contributed by atoms with E-state index in [-0.39, 0.29) is 31.4 Å². The SMILES string of the molecule is CC(C)(C)OC(=O)N1CC(OCc2ccc(S(=O)(=O)C(F)(F)F)cc2F)C1. The van der Waals surface area contributed by atoms with E-state index in [0.29, 0.717) is 12.1 Å². The van der Waals surface area contributed by atoms with Crippen LogP contribution in [0.2, 0.25) is 0 Å². The zero-order valence-electron chi connectivity index (χ0n) is 14.8. The summed E-state index contributed by atoms with van der Waals surface area (Å²) in [6.07, 6.45) is -0.884. The van der Waals surface area contributed by atoms with Crippen LogP contribution in [-0.4, -0.2) is 49.7 Å². The molecule has 1 aromatic rings. The van der Waals surface area contributed by atoms with Gasteiger partial charge in [0.15, 0.2) is 0 Å². The predicted octanol–water partition coefficient (Wildman–Crippen LogP) is 3.26. The maximum Gasteiger partial charge on any atom is 0.501 e. The number of sulfone groups is 1. The second-order valence-corrected chi connectivity index (χ2v) is 8.96. The Bertz CT molecular complexity index is 811. The van der Waals surface area contributed by atoms with Gasteiger partial charge in [-0.1, -0.05) is 6.07 Å². The second kappa shape index (κ2) is 7.27. The van der Waals surface area contributed by atoms with Crippen molar-refractivity contribution in [1.29, 1.82) is 0 Å². The third-order valence-electron chi connectivity index (χ3n) is 3.61. The van der Waals surface area contributed by atoms with Crippen LogP contribution in [0, 0.1) is 5.82 Å². The summed E-state index contributed by atoms with van der Waals surface area (Å²) in [5.41, 5.74) is -6.23. The molecule has 0 bridgehead atoms. The van der Waals surface area contributed by atoms with Gasteiger partial charge in [-0.3, -0.25) is 0 Å². The molecule has 0 saturated carbocycles. The molecule has 0 aliphatic carbocycles. The van der Waals surface area contributed by atoms with Crippen molar-refractivity contribution in [3.63, 3.8) is 0 Å². The lowest BCUT2D eigenvalue weighted by molar-refractivity contribution is -0.0696. The Morgan fingerprint density at radius 1 is 1.22 bits per heavy atom. The normalized spacial score (nSPS) is 16.2. The fraction of sp³-hybridized carbons (Fsp3) is 0.562. The number of alkyl halides is 3. The predicted molar refractivity (Wildman–Crippen MR) is 86.0 cm³/mol. The van der Waals surface area contributed by atoms with Crippen LogP contribution in [0.1, 0.15) is 26.3 Å². The summed E-state index contributed by atoms with van der Waals surface area (Å²) in [5, 5.41) is 0. The van der Waals surface area contributed by atoms with Gasteiger partial charge >= 0.3 is 11.6 Å². The van der Waals surface area contributed by atoms with Crippen molar-refractivity contribution in [1.82, 2.24) is 4.90 Å². The van der Waals surface area contributed by atoms with Crippen molar-refractivity contribution in [3.8, 4) is 0 Å². The molecule has 0 N–H and O–H groups in total. The molecule has 11 heteroatoms. The van der Waals surface area contributed by atoms with Gasteiger partial charge in [-0.15, -0.1) is 0 Å². The maximum atomic E-state index is 13.9. The number of ether oxygens (including phenoxy) is 2. The highest BCUT2D eigenvalue weighted by atomic mass is 32.2.